The zero-order chi connectivity index (χ0) is 11.1. The van der Waals surface area contributed by atoms with E-state index in [9.17, 15) is 0 Å². The van der Waals surface area contributed by atoms with Gasteiger partial charge in [0.25, 0.3) is 0 Å². The number of nitrogens with one attached hydrogen (secondary N) is 1. The fraction of sp³-hybridized carbons (Fsp3) is 0.538. The number of para-hydroxylation sites is 2. The normalized spacial score (nSPS) is 18.6. The number of anilines is 2. The van der Waals surface area contributed by atoms with Gasteiger partial charge in [-0.2, -0.15) is 0 Å². The van der Waals surface area contributed by atoms with Gasteiger partial charge in [0.2, 0.25) is 0 Å². The SMILES string of the molecule is CC(C)N1c2ccccc2NCC1(C)C. The van der Waals surface area contributed by atoms with Gasteiger partial charge in [-0.05, 0) is 39.8 Å². The Morgan fingerprint density at radius 3 is 2.60 bits per heavy atom. The van der Waals surface area contributed by atoms with Crippen molar-refractivity contribution >= 4 is 11.4 Å². The molecule has 0 unspecified atom stereocenters. The van der Waals surface area contributed by atoms with Crippen LogP contribution in [-0.2, 0) is 0 Å². The molecule has 0 aromatic heterocycles. The van der Waals surface area contributed by atoms with Crippen LogP contribution in [0.5, 0.6) is 0 Å². The summed E-state index contributed by atoms with van der Waals surface area (Å²) in [4.78, 5) is 2.50. The van der Waals surface area contributed by atoms with Crippen LogP contribution in [0.1, 0.15) is 27.7 Å². The zero-order valence-corrected chi connectivity index (χ0v) is 10.0. The van der Waals surface area contributed by atoms with Crippen LogP contribution in [0.3, 0.4) is 0 Å². The molecule has 82 valence electrons. The summed E-state index contributed by atoms with van der Waals surface area (Å²) in [6.07, 6.45) is 0. The lowest BCUT2D eigenvalue weighted by Gasteiger charge is -2.48. The van der Waals surface area contributed by atoms with E-state index in [1.165, 1.54) is 11.4 Å². The van der Waals surface area contributed by atoms with Crippen LogP contribution in [-0.4, -0.2) is 18.1 Å². The van der Waals surface area contributed by atoms with Crippen molar-refractivity contribution in [3.8, 4) is 0 Å². The van der Waals surface area contributed by atoms with Gasteiger partial charge >= 0.3 is 0 Å². The molecular weight excluding hydrogens is 184 g/mol. The highest BCUT2D eigenvalue weighted by molar-refractivity contribution is 5.73. The van der Waals surface area contributed by atoms with Crippen molar-refractivity contribution in [1.82, 2.24) is 0 Å². The molecule has 0 fully saturated rings. The second kappa shape index (κ2) is 3.44. The Bertz CT molecular complexity index is 355. The topological polar surface area (TPSA) is 15.3 Å². The third kappa shape index (κ3) is 1.69. The van der Waals surface area contributed by atoms with Gasteiger partial charge < -0.3 is 10.2 Å². The van der Waals surface area contributed by atoms with E-state index in [4.69, 9.17) is 0 Å². The highest BCUT2D eigenvalue weighted by atomic mass is 15.3. The van der Waals surface area contributed by atoms with Crippen molar-refractivity contribution in [2.24, 2.45) is 0 Å². The summed E-state index contributed by atoms with van der Waals surface area (Å²) < 4.78 is 0. The Kier molecular flexibility index (Phi) is 2.37. The molecule has 15 heavy (non-hydrogen) atoms. The van der Waals surface area contributed by atoms with Crippen LogP contribution in [0.2, 0.25) is 0 Å². The first kappa shape index (κ1) is 10.3. The zero-order valence-electron chi connectivity index (χ0n) is 10.0. The van der Waals surface area contributed by atoms with E-state index in [0.29, 0.717) is 6.04 Å². The summed E-state index contributed by atoms with van der Waals surface area (Å²) >= 11 is 0. The van der Waals surface area contributed by atoms with E-state index in [1.54, 1.807) is 0 Å². The van der Waals surface area contributed by atoms with Crippen molar-refractivity contribution < 1.29 is 0 Å². The van der Waals surface area contributed by atoms with Gasteiger partial charge in [0.05, 0.1) is 16.9 Å². The van der Waals surface area contributed by atoms with Crippen molar-refractivity contribution in [3.63, 3.8) is 0 Å². The second-order valence-electron chi connectivity index (χ2n) is 5.15. The van der Waals surface area contributed by atoms with Crippen LogP contribution >= 0.6 is 0 Å². The van der Waals surface area contributed by atoms with E-state index < -0.39 is 0 Å². The first-order valence-electron chi connectivity index (χ1n) is 5.64. The summed E-state index contributed by atoms with van der Waals surface area (Å²) in [5, 5.41) is 3.50. The molecule has 0 bridgehead atoms. The van der Waals surface area contributed by atoms with Crippen LogP contribution in [0.25, 0.3) is 0 Å². The molecular formula is C13H20N2. The molecule has 0 saturated carbocycles. The van der Waals surface area contributed by atoms with Gasteiger partial charge in [-0.1, -0.05) is 12.1 Å². The Morgan fingerprint density at radius 1 is 1.27 bits per heavy atom. The minimum atomic E-state index is 0.183. The van der Waals surface area contributed by atoms with Crippen LogP contribution in [0, 0.1) is 0 Å². The fourth-order valence-corrected chi connectivity index (χ4v) is 2.53. The molecule has 1 aliphatic rings. The summed E-state index contributed by atoms with van der Waals surface area (Å²) in [5.74, 6) is 0. The number of fused-ring (bicyclic) bond motifs is 1. The first-order valence-corrected chi connectivity index (χ1v) is 5.64. The Balaban J connectivity index is 2.48. The summed E-state index contributed by atoms with van der Waals surface area (Å²) in [7, 11) is 0. The second-order valence-corrected chi connectivity index (χ2v) is 5.15. The highest BCUT2D eigenvalue weighted by Gasteiger charge is 2.33. The van der Waals surface area contributed by atoms with Gasteiger partial charge in [0, 0.05) is 12.6 Å². The maximum absolute atomic E-state index is 3.50. The van der Waals surface area contributed by atoms with E-state index in [1.807, 2.05) is 0 Å². The summed E-state index contributed by atoms with van der Waals surface area (Å²) in [6.45, 7) is 10.1. The lowest BCUT2D eigenvalue weighted by molar-refractivity contribution is 0.439. The van der Waals surface area contributed by atoms with Crippen LogP contribution in [0.4, 0.5) is 11.4 Å². The molecule has 2 rings (SSSR count). The van der Waals surface area contributed by atoms with Crippen LogP contribution in [0.15, 0.2) is 24.3 Å². The minimum Gasteiger partial charge on any atom is -0.381 e. The fourth-order valence-electron chi connectivity index (χ4n) is 2.53. The number of rotatable bonds is 1. The van der Waals surface area contributed by atoms with Gasteiger partial charge in [0.1, 0.15) is 0 Å². The molecule has 0 radical (unpaired) electrons. The molecule has 1 heterocycles. The van der Waals surface area contributed by atoms with E-state index in [0.717, 1.165) is 6.54 Å². The first-order chi connectivity index (χ1) is 7.02. The Morgan fingerprint density at radius 2 is 1.93 bits per heavy atom. The standard InChI is InChI=1S/C13H20N2/c1-10(2)15-12-8-6-5-7-11(12)14-9-13(15,3)4/h5-8,10,14H,9H2,1-4H3. The molecule has 1 aromatic carbocycles. The van der Waals surface area contributed by atoms with E-state index in [-0.39, 0.29) is 5.54 Å². The predicted molar refractivity (Wildman–Crippen MR) is 66.6 cm³/mol. The van der Waals surface area contributed by atoms with E-state index in [2.05, 4.69) is 62.2 Å². The predicted octanol–water partition coefficient (Wildman–Crippen LogP) is 3.11. The molecule has 0 saturated heterocycles. The molecule has 0 spiro atoms. The lowest BCUT2D eigenvalue weighted by Crippen LogP contribution is -2.55. The molecule has 0 amide bonds. The molecule has 2 heteroatoms. The number of hydrogen-bond donors (Lipinski definition) is 1. The average molecular weight is 204 g/mol. The number of nitrogens with zero attached hydrogens (tertiary/aromatic N) is 1. The molecule has 0 aliphatic carbocycles. The summed E-state index contributed by atoms with van der Waals surface area (Å²) in [5.41, 5.74) is 2.76. The molecule has 1 aliphatic heterocycles. The maximum Gasteiger partial charge on any atom is 0.0609 e. The Labute approximate surface area is 92.3 Å². The smallest absolute Gasteiger partial charge is 0.0609 e. The minimum absolute atomic E-state index is 0.183. The molecule has 0 atom stereocenters. The van der Waals surface area contributed by atoms with Crippen molar-refractivity contribution in [1.29, 1.82) is 0 Å². The van der Waals surface area contributed by atoms with Gasteiger partial charge in [-0.25, -0.2) is 0 Å². The largest absolute Gasteiger partial charge is 0.381 e. The van der Waals surface area contributed by atoms with E-state index >= 15 is 0 Å². The van der Waals surface area contributed by atoms with Crippen molar-refractivity contribution in [3.05, 3.63) is 24.3 Å². The molecule has 2 nitrogen and oxygen atoms in total. The quantitative estimate of drug-likeness (QED) is 0.756. The van der Waals surface area contributed by atoms with Crippen molar-refractivity contribution in [2.75, 3.05) is 16.8 Å². The van der Waals surface area contributed by atoms with Crippen LogP contribution < -0.4 is 10.2 Å². The lowest BCUT2D eigenvalue weighted by atomic mass is 9.95. The Hall–Kier alpha value is -1.18. The monoisotopic (exact) mass is 204 g/mol. The van der Waals surface area contributed by atoms with Gasteiger partial charge in [0.15, 0.2) is 0 Å². The average Bonchev–Trinajstić information content (AvgIpc) is 2.15. The highest BCUT2D eigenvalue weighted by Crippen LogP contribution is 2.37. The number of hydrogen-bond acceptors (Lipinski definition) is 2. The van der Waals surface area contributed by atoms with Gasteiger partial charge in [-0.3, -0.25) is 0 Å². The number of benzene rings is 1. The third-order valence-corrected chi connectivity index (χ3v) is 3.04. The van der Waals surface area contributed by atoms with Gasteiger partial charge in [-0.15, -0.1) is 0 Å². The molecule has 1 N–H and O–H groups in total. The third-order valence-electron chi connectivity index (χ3n) is 3.04. The van der Waals surface area contributed by atoms with Crippen molar-refractivity contribution in [2.45, 2.75) is 39.3 Å². The molecule has 1 aromatic rings. The summed E-state index contributed by atoms with van der Waals surface area (Å²) in [6, 6.07) is 9.08. The maximum atomic E-state index is 3.50.